The number of anilines is 1. The summed E-state index contributed by atoms with van der Waals surface area (Å²) in [6, 6.07) is 17.9. The van der Waals surface area contributed by atoms with E-state index in [2.05, 4.69) is 10.6 Å². The van der Waals surface area contributed by atoms with Crippen molar-refractivity contribution in [2.24, 2.45) is 0 Å². The Morgan fingerprint density at radius 1 is 0.857 bits per heavy atom. The van der Waals surface area contributed by atoms with Crippen LogP contribution in [-0.2, 0) is 14.3 Å². The van der Waals surface area contributed by atoms with Crippen LogP contribution in [0.2, 0.25) is 0 Å². The van der Waals surface area contributed by atoms with E-state index in [1.54, 1.807) is 18.2 Å². The summed E-state index contributed by atoms with van der Waals surface area (Å²) in [7, 11) is 0. The first-order valence-corrected chi connectivity index (χ1v) is 8.49. The molecule has 0 aliphatic carbocycles. The number of benzene rings is 3. The first kappa shape index (κ1) is 19.0. The predicted octanol–water partition coefficient (Wildman–Crippen LogP) is 2.89. The highest BCUT2D eigenvalue weighted by molar-refractivity contribution is 5.97. The number of esters is 1. The van der Waals surface area contributed by atoms with Gasteiger partial charge in [0.15, 0.2) is 6.61 Å². The Hall–Kier alpha value is -3.74. The van der Waals surface area contributed by atoms with Crippen molar-refractivity contribution in [1.82, 2.24) is 5.32 Å². The Balaban J connectivity index is 1.44. The molecule has 3 rings (SSSR count). The minimum absolute atomic E-state index is 0.302. The molecule has 0 bridgehead atoms. The number of carbonyl (C=O) groups is 3. The molecule has 0 radical (unpaired) electrons. The summed E-state index contributed by atoms with van der Waals surface area (Å²) in [5, 5.41) is 6.73. The molecule has 0 aromatic heterocycles. The lowest BCUT2D eigenvalue weighted by molar-refractivity contribution is -0.126. The van der Waals surface area contributed by atoms with Crippen LogP contribution in [0.25, 0.3) is 10.8 Å². The first-order chi connectivity index (χ1) is 13.5. The minimum Gasteiger partial charge on any atom is -0.452 e. The van der Waals surface area contributed by atoms with E-state index in [1.807, 2.05) is 24.3 Å². The normalized spacial score (nSPS) is 10.3. The van der Waals surface area contributed by atoms with Crippen LogP contribution in [0.15, 0.2) is 66.7 Å². The maximum Gasteiger partial charge on any atom is 0.338 e. The van der Waals surface area contributed by atoms with Gasteiger partial charge in [-0.15, -0.1) is 0 Å². The van der Waals surface area contributed by atoms with Gasteiger partial charge in [-0.3, -0.25) is 9.59 Å². The highest BCUT2D eigenvalue weighted by Crippen LogP contribution is 2.16. The van der Waals surface area contributed by atoms with Crippen LogP contribution in [-0.4, -0.2) is 30.9 Å². The molecular weight excluding hydrogens is 363 g/mol. The summed E-state index contributed by atoms with van der Waals surface area (Å²) in [5.41, 5.74) is 0.740. The first-order valence-electron chi connectivity index (χ1n) is 8.49. The number of amides is 2. The molecule has 0 saturated heterocycles. The smallest absolute Gasteiger partial charge is 0.338 e. The summed E-state index contributed by atoms with van der Waals surface area (Å²) in [5.74, 6) is -2.14. The monoisotopic (exact) mass is 380 g/mol. The molecule has 28 heavy (non-hydrogen) atoms. The molecule has 0 fully saturated rings. The Morgan fingerprint density at radius 3 is 2.32 bits per heavy atom. The van der Waals surface area contributed by atoms with E-state index in [1.165, 1.54) is 24.3 Å². The van der Waals surface area contributed by atoms with Crippen LogP contribution in [0.1, 0.15) is 10.4 Å². The van der Waals surface area contributed by atoms with Crippen LogP contribution < -0.4 is 10.6 Å². The van der Waals surface area contributed by atoms with E-state index in [-0.39, 0.29) is 6.54 Å². The molecule has 0 aliphatic rings. The number of hydrogen-bond donors (Lipinski definition) is 2. The van der Waals surface area contributed by atoms with Gasteiger partial charge in [0.05, 0.1) is 12.1 Å². The largest absolute Gasteiger partial charge is 0.452 e. The molecule has 3 aromatic rings. The molecule has 3 aromatic carbocycles. The van der Waals surface area contributed by atoms with Crippen molar-refractivity contribution in [3.8, 4) is 0 Å². The fourth-order valence-corrected chi connectivity index (χ4v) is 2.50. The summed E-state index contributed by atoms with van der Waals surface area (Å²) >= 11 is 0. The average Bonchev–Trinajstić information content (AvgIpc) is 2.71. The molecule has 2 N–H and O–H groups in total. The third kappa shape index (κ3) is 5.14. The minimum atomic E-state index is -0.628. The van der Waals surface area contributed by atoms with Crippen molar-refractivity contribution in [3.05, 3.63) is 78.1 Å². The SMILES string of the molecule is O=C(COC(=O)c1ccc2ccccc2c1)NCC(=O)Nc1ccc(F)cc1. The number of fused-ring (bicyclic) bond motifs is 1. The van der Waals surface area contributed by atoms with E-state index in [9.17, 15) is 18.8 Å². The Bertz CT molecular complexity index is 1020. The number of rotatable bonds is 6. The number of nitrogens with one attached hydrogen (secondary N) is 2. The lowest BCUT2D eigenvalue weighted by atomic mass is 10.1. The predicted molar refractivity (Wildman–Crippen MR) is 102 cm³/mol. The van der Waals surface area contributed by atoms with Crippen molar-refractivity contribution in [1.29, 1.82) is 0 Å². The molecule has 142 valence electrons. The summed E-state index contributed by atoms with van der Waals surface area (Å²) in [6.07, 6.45) is 0. The average molecular weight is 380 g/mol. The zero-order valence-electron chi connectivity index (χ0n) is 14.8. The second-order valence-corrected chi connectivity index (χ2v) is 5.97. The van der Waals surface area contributed by atoms with Gasteiger partial charge in [0.1, 0.15) is 5.82 Å². The third-order valence-electron chi connectivity index (χ3n) is 3.89. The van der Waals surface area contributed by atoms with Gasteiger partial charge in [0.2, 0.25) is 5.91 Å². The van der Waals surface area contributed by atoms with Gasteiger partial charge in [0.25, 0.3) is 5.91 Å². The van der Waals surface area contributed by atoms with Crippen LogP contribution in [0.5, 0.6) is 0 Å². The van der Waals surface area contributed by atoms with Crippen molar-refractivity contribution in [3.63, 3.8) is 0 Å². The zero-order valence-corrected chi connectivity index (χ0v) is 14.8. The van der Waals surface area contributed by atoms with Gasteiger partial charge >= 0.3 is 5.97 Å². The lowest BCUT2D eigenvalue weighted by Crippen LogP contribution is -2.35. The molecule has 0 saturated carbocycles. The molecule has 2 amide bonds. The number of halogens is 1. The van der Waals surface area contributed by atoms with Crippen molar-refractivity contribution in [2.45, 2.75) is 0 Å². The Kier molecular flexibility index (Phi) is 5.96. The van der Waals surface area contributed by atoms with E-state index >= 15 is 0 Å². The number of hydrogen-bond acceptors (Lipinski definition) is 4. The van der Waals surface area contributed by atoms with E-state index in [0.29, 0.717) is 11.3 Å². The molecule has 0 heterocycles. The topological polar surface area (TPSA) is 84.5 Å². The van der Waals surface area contributed by atoms with Crippen LogP contribution >= 0.6 is 0 Å². The maximum absolute atomic E-state index is 12.8. The zero-order chi connectivity index (χ0) is 19.9. The maximum atomic E-state index is 12.8. The summed E-state index contributed by atoms with van der Waals surface area (Å²) < 4.78 is 17.8. The van der Waals surface area contributed by atoms with E-state index in [4.69, 9.17) is 4.74 Å². The van der Waals surface area contributed by atoms with Crippen molar-refractivity contribution >= 4 is 34.2 Å². The van der Waals surface area contributed by atoms with Gasteiger partial charge < -0.3 is 15.4 Å². The van der Waals surface area contributed by atoms with Gasteiger partial charge in [0, 0.05) is 5.69 Å². The third-order valence-corrected chi connectivity index (χ3v) is 3.89. The quantitative estimate of drug-likeness (QED) is 0.644. The Morgan fingerprint density at radius 2 is 1.57 bits per heavy atom. The second-order valence-electron chi connectivity index (χ2n) is 5.97. The molecule has 0 atom stereocenters. The van der Waals surface area contributed by atoms with Gasteiger partial charge in [-0.2, -0.15) is 0 Å². The fourth-order valence-electron chi connectivity index (χ4n) is 2.50. The van der Waals surface area contributed by atoms with Crippen molar-refractivity contribution in [2.75, 3.05) is 18.5 Å². The fraction of sp³-hybridized carbons (Fsp3) is 0.0952. The Labute approximate surface area is 160 Å². The molecule has 0 spiro atoms. The molecular formula is C21H17FN2O4. The van der Waals surface area contributed by atoms with Crippen LogP contribution in [0, 0.1) is 5.82 Å². The van der Waals surface area contributed by atoms with Crippen LogP contribution in [0.4, 0.5) is 10.1 Å². The lowest BCUT2D eigenvalue weighted by Gasteiger charge is -2.08. The van der Waals surface area contributed by atoms with Crippen molar-refractivity contribution < 1.29 is 23.5 Å². The van der Waals surface area contributed by atoms with Gasteiger partial charge in [-0.05, 0) is 47.2 Å². The standard InChI is InChI=1S/C21H17FN2O4/c22-17-7-9-18(10-8-17)24-19(25)12-23-20(26)13-28-21(27)16-6-5-14-3-1-2-4-15(14)11-16/h1-11H,12-13H2,(H,23,26)(H,24,25). The van der Waals surface area contributed by atoms with Gasteiger partial charge in [-0.1, -0.05) is 30.3 Å². The molecule has 0 aliphatic heterocycles. The highest BCUT2D eigenvalue weighted by Gasteiger charge is 2.12. The van der Waals surface area contributed by atoms with E-state index in [0.717, 1.165) is 10.8 Å². The van der Waals surface area contributed by atoms with E-state index < -0.39 is 30.2 Å². The molecule has 6 nitrogen and oxygen atoms in total. The number of carbonyl (C=O) groups excluding carboxylic acids is 3. The summed E-state index contributed by atoms with van der Waals surface area (Å²) in [6.45, 7) is -0.806. The van der Waals surface area contributed by atoms with Crippen LogP contribution in [0.3, 0.4) is 0 Å². The number of ether oxygens (including phenoxy) is 1. The summed E-state index contributed by atoms with van der Waals surface area (Å²) in [4.78, 5) is 35.6. The van der Waals surface area contributed by atoms with Gasteiger partial charge in [-0.25, -0.2) is 9.18 Å². The molecule has 7 heteroatoms. The second kappa shape index (κ2) is 8.77. The molecule has 0 unspecified atom stereocenters. The highest BCUT2D eigenvalue weighted by atomic mass is 19.1.